The molecule has 20 heavy (non-hydrogen) atoms. The largest absolute Gasteiger partial charge is 0.383 e. The summed E-state index contributed by atoms with van der Waals surface area (Å²) in [6.45, 7) is 2.64. The summed E-state index contributed by atoms with van der Waals surface area (Å²) >= 11 is 0. The Labute approximate surface area is 117 Å². The van der Waals surface area contributed by atoms with Gasteiger partial charge in [0.1, 0.15) is 17.2 Å². The molecule has 3 rings (SSSR count). The second-order valence-corrected chi connectivity index (χ2v) is 4.84. The number of aromatic nitrogens is 2. The van der Waals surface area contributed by atoms with Crippen LogP contribution >= 0.6 is 0 Å². The monoisotopic (exact) mass is 267 g/mol. The van der Waals surface area contributed by atoms with Crippen LogP contribution in [0.1, 0.15) is 11.3 Å². The highest BCUT2D eigenvalue weighted by Crippen LogP contribution is 2.27. The minimum atomic E-state index is 0.611. The molecule has 3 aromatic rings. The maximum atomic E-state index is 6.24. The van der Waals surface area contributed by atoms with Crippen molar-refractivity contribution in [3.63, 3.8) is 0 Å². The van der Waals surface area contributed by atoms with Gasteiger partial charge in [0.2, 0.25) is 0 Å². The number of aryl methyl sites for hydroxylation is 1. The van der Waals surface area contributed by atoms with Crippen LogP contribution in [0.2, 0.25) is 0 Å². The normalized spacial score (nSPS) is 11.1. The maximum absolute atomic E-state index is 6.24. The number of anilines is 1. The number of hydrogen-bond donors (Lipinski definition) is 1. The number of nitrogens with zero attached hydrogens (tertiary/aromatic N) is 2. The van der Waals surface area contributed by atoms with Gasteiger partial charge in [-0.25, -0.2) is 4.98 Å². The lowest BCUT2D eigenvalue weighted by atomic mass is 10.1. The summed E-state index contributed by atoms with van der Waals surface area (Å²) in [5, 5.41) is 0. The van der Waals surface area contributed by atoms with E-state index in [1.807, 2.05) is 53.8 Å². The van der Waals surface area contributed by atoms with Crippen LogP contribution in [0.3, 0.4) is 0 Å². The molecular formula is C16H17N3O. The minimum Gasteiger partial charge on any atom is -0.383 e. The zero-order valence-electron chi connectivity index (χ0n) is 11.6. The van der Waals surface area contributed by atoms with Gasteiger partial charge in [-0.05, 0) is 24.6 Å². The van der Waals surface area contributed by atoms with E-state index in [0.717, 1.165) is 28.2 Å². The van der Waals surface area contributed by atoms with Gasteiger partial charge in [0, 0.05) is 18.4 Å². The minimum absolute atomic E-state index is 0.611. The van der Waals surface area contributed by atoms with E-state index in [-0.39, 0.29) is 0 Å². The lowest BCUT2D eigenvalue weighted by Crippen LogP contribution is -1.97. The molecule has 0 aliphatic rings. The fourth-order valence-electron chi connectivity index (χ4n) is 2.42. The van der Waals surface area contributed by atoms with E-state index >= 15 is 0 Å². The lowest BCUT2D eigenvalue weighted by Gasteiger charge is -2.03. The predicted molar refractivity (Wildman–Crippen MR) is 80.5 cm³/mol. The number of fused-ring (bicyclic) bond motifs is 1. The third-order valence-corrected chi connectivity index (χ3v) is 3.41. The van der Waals surface area contributed by atoms with Crippen LogP contribution in [0, 0.1) is 6.92 Å². The summed E-state index contributed by atoms with van der Waals surface area (Å²) < 4.78 is 7.09. The summed E-state index contributed by atoms with van der Waals surface area (Å²) in [6.07, 6.45) is 0. The molecule has 0 bridgehead atoms. The van der Waals surface area contributed by atoms with Crippen LogP contribution in [0.4, 0.5) is 5.82 Å². The molecule has 0 aliphatic carbocycles. The molecule has 0 atom stereocenters. The SMILES string of the molecule is COCc1ccc(-c2nc3cccc(C)n3c2N)cc1. The van der Waals surface area contributed by atoms with Gasteiger partial charge in [-0.2, -0.15) is 0 Å². The molecule has 0 saturated carbocycles. The van der Waals surface area contributed by atoms with E-state index in [1.54, 1.807) is 7.11 Å². The van der Waals surface area contributed by atoms with Gasteiger partial charge in [0.25, 0.3) is 0 Å². The third-order valence-electron chi connectivity index (χ3n) is 3.41. The number of nitrogen functional groups attached to an aromatic ring is 1. The molecule has 2 aromatic heterocycles. The Morgan fingerprint density at radius 1 is 1.15 bits per heavy atom. The first-order chi connectivity index (χ1) is 9.70. The highest BCUT2D eigenvalue weighted by molar-refractivity contribution is 5.75. The number of hydrogen-bond acceptors (Lipinski definition) is 3. The van der Waals surface area contributed by atoms with E-state index in [9.17, 15) is 0 Å². The van der Waals surface area contributed by atoms with Crippen molar-refractivity contribution in [2.24, 2.45) is 0 Å². The van der Waals surface area contributed by atoms with Gasteiger partial charge in [0.05, 0.1) is 6.61 Å². The fourth-order valence-corrected chi connectivity index (χ4v) is 2.42. The summed E-state index contributed by atoms with van der Waals surface area (Å²) in [7, 11) is 1.69. The summed E-state index contributed by atoms with van der Waals surface area (Å²) in [4.78, 5) is 4.63. The molecule has 102 valence electrons. The van der Waals surface area contributed by atoms with E-state index in [0.29, 0.717) is 12.4 Å². The molecular weight excluding hydrogens is 250 g/mol. The first-order valence-electron chi connectivity index (χ1n) is 6.52. The zero-order valence-corrected chi connectivity index (χ0v) is 11.6. The Balaban J connectivity index is 2.10. The molecule has 2 heterocycles. The molecule has 0 spiro atoms. The maximum Gasteiger partial charge on any atom is 0.139 e. The molecule has 4 nitrogen and oxygen atoms in total. The van der Waals surface area contributed by atoms with Crippen LogP contribution in [0.25, 0.3) is 16.9 Å². The number of methoxy groups -OCH3 is 1. The van der Waals surface area contributed by atoms with Crippen molar-refractivity contribution < 1.29 is 4.74 Å². The molecule has 0 fully saturated rings. The number of rotatable bonds is 3. The van der Waals surface area contributed by atoms with Gasteiger partial charge in [-0.1, -0.05) is 30.3 Å². The van der Waals surface area contributed by atoms with Crippen molar-refractivity contribution >= 4 is 11.5 Å². The molecule has 0 unspecified atom stereocenters. The topological polar surface area (TPSA) is 52.5 Å². The molecule has 4 heteroatoms. The highest BCUT2D eigenvalue weighted by Gasteiger charge is 2.12. The summed E-state index contributed by atoms with van der Waals surface area (Å²) in [5.41, 5.74) is 11.2. The Kier molecular flexibility index (Phi) is 3.16. The Bertz CT molecular complexity index is 744. The number of ether oxygens (including phenoxy) is 1. The number of imidazole rings is 1. The fraction of sp³-hybridized carbons (Fsp3) is 0.188. The summed E-state index contributed by atoms with van der Waals surface area (Å²) in [6, 6.07) is 14.1. The van der Waals surface area contributed by atoms with E-state index in [2.05, 4.69) is 4.98 Å². The van der Waals surface area contributed by atoms with Gasteiger partial charge >= 0.3 is 0 Å². The van der Waals surface area contributed by atoms with Crippen LogP contribution in [-0.4, -0.2) is 16.5 Å². The molecule has 1 aromatic carbocycles. The van der Waals surface area contributed by atoms with Crippen molar-refractivity contribution in [1.82, 2.24) is 9.38 Å². The second-order valence-electron chi connectivity index (χ2n) is 4.84. The third kappa shape index (κ3) is 2.04. The molecule has 0 saturated heterocycles. The smallest absolute Gasteiger partial charge is 0.139 e. The highest BCUT2D eigenvalue weighted by atomic mass is 16.5. The van der Waals surface area contributed by atoms with Crippen LogP contribution in [0.5, 0.6) is 0 Å². The number of nitrogens with two attached hydrogens (primary N) is 1. The van der Waals surface area contributed by atoms with Crippen molar-refractivity contribution in [1.29, 1.82) is 0 Å². The van der Waals surface area contributed by atoms with E-state index in [1.165, 1.54) is 0 Å². The summed E-state index contributed by atoms with van der Waals surface area (Å²) in [5.74, 6) is 0.678. The lowest BCUT2D eigenvalue weighted by molar-refractivity contribution is 0.185. The molecule has 0 amide bonds. The quantitative estimate of drug-likeness (QED) is 0.793. The van der Waals surface area contributed by atoms with Crippen LogP contribution in [0.15, 0.2) is 42.5 Å². The Morgan fingerprint density at radius 2 is 1.90 bits per heavy atom. The first-order valence-corrected chi connectivity index (χ1v) is 6.52. The number of benzene rings is 1. The van der Waals surface area contributed by atoms with Crippen LogP contribution in [-0.2, 0) is 11.3 Å². The average Bonchev–Trinajstić information content (AvgIpc) is 2.79. The van der Waals surface area contributed by atoms with E-state index < -0.39 is 0 Å². The van der Waals surface area contributed by atoms with Crippen molar-refractivity contribution in [3.05, 3.63) is 53.7 Å². The van der Waals surface area contributed by atoms with Gasteiger partial charge in [-0.3, -0.25) is 4.40 Å². The van der Waals surface area contributed by atoms with Gasteiger partial charge < -0.3 is 10.5 Å². The van der Waals surface area contributed by atoms with Crippen LogP contribution < -0.4 is 5.73 Å². The van der Waals surface area contributed by atoms with Crippen molar-refractivity contribution in [2.45, 2.75) is 13.5 Å². The van der Waals surface area contributed by atoms with Crippen molar-refractivity contribution in [2.75, 3.05) is 12.8 Å². The van der Waals surface area contributed by atoms with Gasteiger partial charge in [0.15, 0.2) is 0 Å². The Hall–Kier alpha value is -2.33. The molecule has 0 aliphatic heterocycles. The van der Waals surface area contributed by atoms with Crippen molar-refractivity contribution in [3.8, 4) is 11.3 Å². The number of pyridine rings is 1. The standard InChI is InChI=1S/C16H17N3O/c1-11-4-3-5-14-18-15(16(17)19(11)14)13-8-6-12(7-9-13)10-20-2/h3-9H,10,17H2,1-2H3. The average molecular weight is 267 g/mol. The predicted octanol–water partition coefficient (Wildman–Crippen LogP) is 3.04. The van der Waals surface area contributed by atoms with E-state index in [4.69, 9.17) is 10.5 Å². The second kappa shape index (κ2) is 4.98. The Morgan fingerprint density at radius 3 is 2.55 bits per heavy atom. The van der Waals surface area contributed by atoms with Gasteiger partial charge in [-0.15, -0.1) is 0 Å². The first kappa shape index (κ1) is 12.7. The molecule has 2 N–H and O–H groups in total. The zero-order chi connectivity index (χ0) is 14.1. The molecule has 0 radical (unpaired) electrons.